The summed E-state index contributed by atoms with van der Waals surface area (Å²) in [6.07, 6.45) is 10.1. The van der Waals surface area contributed by atoms with Gasteiger partial charge in [0.1, 0.15) is 5.44 Å². The number of ether oxygens (including phenoxy) is 1. The minimum atomic E-state index is -3.30. The minimum Gasteiger partial charge on any atom is -0.457 e. The van der Waals surface area contributed by atoms with Crippen LogP contribution in [0, 0.1) is 28.6 Å². The van der Waals surface area contributed by atoms with Crippen molar-refractivity contribution in [3.63, 3.8) is 0 Å². The molecule has 3 saturated carbocycles. The standard InChI is InChI=1S/C33H38N2O7S2/c1-31-16-19-18-34-35(21-7-9-22(10-8-21)44(3,39)40)25(19)15-20(31)6-11-23-24-12-13-33(30(38)43,32(24,2)17-26(36)28(23)31)42-29(37)27-5-4-14-41-27/h4-5,7-10,14-15,18,23-24,26,28,30,36,38,43H,6,11-13,16-17H2,1-3H3/t23-,24-,26-,28+,30?,31-,32-,33-/m0/s1. The maximum absolute atomic E-state index is 13.1. The molecule has 1 unspecified atom stereocenters. The summed E-state index contributed by atoms with van der Waals surface area (Å²) < 4.78 is 37.2. The molecular weight excluding hydrogens is 601 g/mol. The zero-order valence-electron chi connectivity index (χ0n) is 25.0. The number of benzene rings is 1. The van der Waals surface area contributed by atoms with Gasteiger partial charge in [0.2, 0.25) is 5.76 Å². The molecule has 0 amide bonds. The second-order valence-corrected chi connectivity index (χ2v) is 16.2. The van der Waals surface area contributed by atoms with Crippen molar-refractivity contribution in [2.75, 3.05) is 6.26 Å². The summed E-state index contributed by atoms with van der Waals surface area (Å²) in [4.78, 5) is 13.4. The summed E-state index contributed by atoms with van der Waals surface area (Å²) in [6, 6.07) is 9.93. The number of allylic oxidation sites excluding steroid dienone is 1. The molecule has 0 radical (unpaired) electrons. The highest BCUT2D eigenvalue weighted by atomic mass is 32.2. The van der Waals surface area contributed by atoms with Crippen LogP contribution >= 0.6 is 12.6 Å². The number of hydrogen-bond acceptors (Lipinski definition) is 9. The molecule has 8 atom stereocenters. The number of aliphatic hydroxyl groups is 2. The molecule has 0 saturated heterocycles. The Kier molecular flexibility index (Phi) is 6.83. The lowest BCUT2D eigenvalue weighted by molar-refractivity contribution is -0.187. The molecule has 0 spiro atoms. The Morgan fingerprint density at radius 1 is 1.20 bits per heavy atom. The summed E-state index contributed by atoms with van der Waals surface area (Å²) >= 11 is 4.46. The van der Waals surface area contributed by atoms with E-state index in [-0.39, 0.29) is 33.8 Å². The van der Waals surface area contributed by atoms with E-state index in [4.69, 9.17) is 14.3 Å². The van der Waals surface area contributed by atoms with E-state index < -0.39 is 38.4 Å². The number of aliphatic hydroxyl groups excluding tert-OH is 2. The largest absolute Gasteiger partial charge is 0.457 e. The maximum atomic E-state index is 13.1. The van der Waals surface area contributed by atoms with Gasteiger partial charge in [-0.05, 0) is 110 Å². The topological polar surface area (TPSA) is 132 Å². The highest BCUT2D eigenvalue weighted by molar-refractivity contribution is 7.90. The fraction of sp³-hybridized carbons (Fsp3) is 0.515. The Morgan fingerprint density at radius 2 is 1.95 bits per heavy atom. The molecule has 7 rings (SSSR count). The van der Waals surface area contributed by atoms with Gasteiger partial charge in [0.05, 0.1) is 34.8 Å². The maximum Gasteiger partial charge on any atom is 0.374 e. The molecule has 44 heavy (non-hydrogen) atoms. The van der Waals surface area contributed by atoms with Gasteiger partial charge in [-0.2, -0.15) is 5.10 Å². The molecule has 11 heteroatoms. The van der Waals surface area contributed by atoms with E-state index in [1.165, 1.54) is 18.1 Å². The number of thiol groups is 1. The van der Waals surface area contributed by atoms with Crippen LogP contribution in [-0.2, 0) is 21.0 Å². The first kappa shape index (κ1) is 29.8. The van der Waals surface area contributed by atoms with E-state index in [1.54, 1.807) is 36.4 Å². The van der Waals surface area contributed by atoms with Crippen LogP contribution in [0.5, 0.6) is 0 Å². The molecular formula is C33H38N2O7S2. The lowest BCUT2D eigenvalue weighted by Crippen LogP contribution is -2.63. The van der Waals surface area contributed by atoms with Crippen LogP contribution in [0.2, 0.25) is 0 Å². The molecule has 0 bridgehead atoms. The fourth-order valence-corrected chi connectivity index (χ4v) is 10.6. The minimum absolute atomic E-state index is 0.0141. The van der Waals surface area contributed by atoms with E-state index in [1.807, 2.05) is 17.8 Å². The first-order chi connectivity index (χ1) is 20.8. The Bertz CT molecular complexity index is 1750. The fourth-order valence-electron chi connectivity index (χ4n) is 9.50. The Morgan fingerprint density at radius 3 is 2.61 bits per heavy atom. The lowest BCUT2D eigenvalue weighted by atomic mass is 9.45. The summed E-state index contributed by atoms with van der Waals surface area (Å²) in [6.45, 7) is 4.31. The van der Waals surface area contributed by atoms with Crippen molar-refractivity contribution >= 4 is 34.5 Å². The number of esters is 1. The van der Waals surface area contributed by atoms with Gasteiger partial charge in [-0.15, -0.1) is 12.6 Å². The molecule has 3 fully saturated rings. The molecule has 3 aromatic rings. The van der Waals surface area contributed by atoms with E-state index in [0.717, 1.165) is 42.6 Å². The number of aromatic nitrogens is 2. The predicted octanol–water partition coefficient (Wildman–Crippen LogP) is 4.87. The Balaban J connectivity index is 1.20. The van der Waals surface area contributed by atoms with Gasteiger partial charge in [-0.25, -0.2) is 17.9 Å². The molecule has 4 aliphatic rings. The molecule has 4 aliphatic carbocycles. The van der Waals surface area contributed by atoms with Crippen LogP contribution < -0.4 is 0 Å². The van der Waals surface area contributed by atoms with Crippen LogP contribution in [0.3, 0.4) is 0 Å². The van der Waals surface area contributed by atoms with E-state index in [9.17, 15) is 23.4 Å². The predicted molar refractivity (Wildman–Crippen MR) is 166 cm³/mol. The van der Waals surface area contributed by atoms with Crippen LogP contribution in [0.1, 0.15) is 67.8 Å². The molecule has 2 aromatic heterocycles. The average molecular weight is 639 g/mol. The number of hydrogen-bond donors (Lipinski definition) is 3. The monoisotopic (exact) mass is 638 g/mol. The number of nitrogens with zero attached hydrogens (tertiary/aromatic N) is 2. The zero-order valence-corrected chi connectivity index (χ0v) is 26.7. The second kappa shape index (κ2) is 10.1. The van der Waals surface area contributed by atoms with Gasteiger partial charge >= 0.3 is 5.97 Å². The van der Waals surface area contributed by atoms with Crippen molar-refractivity contribution in [3.8, 4) is 5.69 Å². The number of carbonyl (C=O) groups is 1. The third-order valence-electron chi connectivity index (χ3n) is 11.5. The summed E-state index contributed by atoms with van der Waals surface area (Å²) in [5.41, 5.74) is 0.692. The third kappa shape index (κ3) is 4.22. The zero-order chi connectivity index (χ0) is 31.2. The first-order valence-electron chi connectivity index (χ1n) is 15.2. The van der Waals surface area contributed by atoms with Gasteiger partial charge < -0.3 is 19.4 Å². The van der Waals surface area contributed by atoms with Crippen molar-refractivity contribution in [2.45, 2.75) is 74.4 Å². The molecule has 2 heterocycles. The number of furan rings is 1. The van der Waals surface area contributed by atoms with Crippen LogP contribution in [-0.4, -0.2) is 57.8 Å². The first-order valence-corrected chi connectivity index (χ1v) is 17.6. The molecule has 1 aromatic carbocycles. The number of fused-ring (bicyclic) bond motifs is 6. The molecule has 0 aliphatic heterocycles. The van der Waals surface area contributed by atoms with Gasteiger partial charge in [0, 0.05) is 11.7 Å². The third-order valence-corrected chi connectivity index (χ3v) is 13.1. The Hall–Kier alpha value is -2.86. The summed E-state index contributed by atoms with van der Waals surface area (Å²) in [5.74, 6) is -0.283. The highest BCUT2D eigenvalue weighted by Gasteiger charge is 2.70. The average Bonchev–Trinajstić information content (AvgIpc) is 3.70. The number of carbonyl (C=O) groups excluding carboxylic acids is 1. The summed E-state index contributed by atoms with van der Waals surface area (Å²) in [5, 5.41) is 27.8. The van der Waals surface area contributed by atoms with Gasteiger partial charge in [-0.1, -0.05) is 19.4 Å². The van der Waals surface area contributed by atoms with E-state index in [0.29, 0.717) is 12.8 Å². The van der Waals surface area contributed by atoms with Gasteiger partial charge in [-0.3, -0.25) is 0 Å². The quantitative estimate of drug-likeness (QED) is 0.205. The lowest BCUT2D eigenvalue weighted by Gasteiger charge is -2.61. The second-order valence-electron chi connectivity index (χ2n) is 13.7. The van der Waals surface area contributed by atoms with Gasteiger partial charge in [0.25, 0.3) is 0 Å². The Labute approximate surface area is 262 Å². The van der Waals surface area contributed by atoms with Crippen molar-refractivity contribution < 1.29 is 32.6 Å². The van der Waals surface area contributed by atoms with Crippen molar-refractivity contribution in [1.82, 2.24) is 9.78 Å². The van der Waals surface area contributed by atoms with Crippen molar-refractivity contribution in [2.24, 2.45) is 28.6 Å². The number of sulfone groups is 1. The highest BCUT2D eigenvalue weighted by Crippen LogP contribution is 2.69. The van der Waals surface area contributed by atoms with E-state index in [2.05, 4.69) is 25.6 Å². The van der Waals surface area contributed by atoms with Gasteiger partial charge in [0.15, 0.2) is 15.4 Å². The van der Waals surface area contributed by atoms with Crippen molar-refractivity contribution in [1.29, 1.82) is 0 Å². The molecule has 9 nitrogen and oxygen atoms in total. The van der Waals surface area contributed by atoms with Crippen molar-refractivity contribution in [3.05, 3.63) is 71.4 Å². The van der Waals surface area contributed by atoms with Crippen LogP contribution in [0.4, 0.5) is 0 Å². The molecule has 2 N–H and O–H groups in total. The van der Waals surface area contributed by atoms with E-state index >= 15 is 0 Å². The van der Waals surface area contributed by atoms with Crippen LogP contribution in [0.15, 0.2) is 63.7 Å². The smallest absolute Gasteiger partial charge is 0.374 e. The number of rotatable bonds is 5. The SMILES string of the molecule is C[C@]12Cc3cnn(-c4ccc(S(C)(=O)=O)cc4)c3C=C1CC[C@@H]1[C@@H]2[C@@H](O)C[C@@]2(C)[C@H]1CC[C@]2(OC(=O)c1ccco1)C(O)S. The molecule has 234 valence electrons. The summed E-state index contributed by atoms with van der Waals surface area (Å²) in [7, 11) is -3.30. The van der Waals surface area contributed by atoms with Crippen LogP contribution in [0.25, 0.3) is 11.8 Å². The normalized spacial score (nSPS) is 35.1.